The van der Waals surface area contributed by atoms with E-state index in [0.717, 1.165) is 18.7 Å². The van der Waals surface area contributed by atoms with Crippen molar-refractivity contribution in [2.24, 2.45) is 0 Å². The Morgan fingerprint density at radius 1 is 1.18 bits per heavy atom. The molecule has 2 aromatic rings. The SMILES string of the molecule is CC(C)(C(=O)NCC(c1ccc(Cl)cc1)N1CCOCC1)c1ccccc1F. The molecule has 0 aliphatic carbocycles. The Kier molecular flexibility index (Phi) is 6.70. The number of benzene rings is 2. The number of hydrogen-bond donors (Lipinski definition) is 1. The van der Waals surface area contributed by atoms with Gasteiger partial charge in [0.25, 0.3) is 0 Å². The molecular weight excluding hydrogens is 379 g/mol. The highest BCUT2D eigenvalue weighted by molar-refractivity contribution is 6.30. The number of amides is 1. The molecule has 1 amide bonds. The molecule has 1 N–H and O–H groups in total. The second-order valence-electron chi connectivity index (χ2n) is 7.53. The fourth-order valence-electron chi connectivity index (χ4n) is 3.53. The molecule has 3 rings (SSSR count). The van der Waals surface area contributed by atoms with Gasteiger partial charge in [-0.25, -0.2) is 4.39 Å². The summed E-state index contributed by atoms with van der Waals surface area (Å²) in [5, 5.41) is 3.71. The zero-order chi connectivity index (χ0) is 20.1. The van der Waals surface area contributed by atoms with Crippen molar-refractivity contribution in [3.05, 3.63) is 70.5 Å². The molecule has 1 atom stereocenters. The molecule has 0 spiro atoms. The molecular formula is C22H26ClFN2O2. The van der Waals surface area contributed by atoms with Gasteiger partial charge in [-0.2, -0.15) is 0 Å². The summed E-state index contributed by atoms with van der Waals surface area (Å²) in [6.07, 6.45) is 0. The van der Waals surface area contributed by atoms with Crippen LogP contribution in [-0.4, -0.2) is 43.7 Å². The monoisotopic (exact) mass is 404 g/mol. The van der Waals surface area contributed by atoms with Gasteiger partial charge in [-0.3, -0.25) is 9.69 Å². The van der Waals surface area contributed by atoms with Crippen molar-refractivity contribution in [1.29, 1.82) is 0 Å². The number of morpholine rings is 1. The highest BCUT2D eigenvalue weighted by Gasteiger charge is 2.33. The van der Waals surface area contributed by atoms with E-state index in [2.05, 4.69) is 10.2 Å². The standard InChI is InChI=1S/C22H26ClFN2O2/c1-22(2,18-5-3-4-6-19(18)24)21(27)25-15-20(26-11-13-28-14-12-26)16-7-9-17(23)10-8-16/h3-10,20H,11-15H2,1-2H3,(H,25,27). The third-order valence-corrected chi connectivity index (χ3v) is 5.56. The Balaban J connectivity index is 1.76. The molecule has 150 valence electrons. The summed E-state index contributed by atoms with van der Waals surface area (Å²) in [5.41, 5.74) is 0.498. The van der Waals surface area contributed by atoms with Gasteiger partial charge in [0.15, 0.2) is 0 Å². The van der Waals surface area contributed by atoms with Gasteiger partial charge in [-0.05, 0) is 37.6 Å². The summed E-state index contributed by atoms with van der Waals surface area (Å²) in [7, 11) is 0. The minimum absolute atomic E-state index is 0.00142. The van der Waals surface area contributed by atoms with Crippen LogP contribution in [0.1, 0.15) is 31.0 Å². The average Bonchev–Trinajstić information content (AvgIpc) is 2.70. The van der Waals surface area contributed by atoms with Crippen molar-refractivity contribution < 1.29 is 13.9 Å². The van der Waals surface area contributed by atoms with E-state index >= 15 is 0 Å². The summed E-state index contributed by atoms with van der Waals surface area (Å²) in [5.74, 6) is -0.574. The largest absolute Gasteiger partial charge is 0.379 e. The van der Waals surface area contributed by atoms with E-state index in [-0.39, 0.29) is 17.8 Å². The van der Waals surface area contributed by atoms with Gasteiger partial charge in [0.05, 0.1) is 24.7 Å². The van der Waals surface area contributed by atoms with Gasteiger partial charge < -0.3 is 10.1 Å². The third-order valence-electron chi connectivity index (χ3n) is 5.31. The quantitative estimate of drug-likeness (QED) is 0.792. The van der Waals surface area contributed by atoms with Crippen molar-refractivity contribution in [2.75, 3.05) is 32.8 Å². The Labute approximate surface area is 170 Å². The lowest BCUT2D eigenvalue weighted by Gasteiger charge is -2.35. The zero-order valence-corrected chi connectivity index (χ0v) is 17.0. The number of carbonyl (C=O) groups excluding carboxylic acids is 1. The number of nitrogens with one attached hydrogen (secondary N) is 1. The molecule has 0 radical (unpaired) electrons. The van der Waals surface area contributed by atoms with E-state index in [4.69, 9.17) is 16.3 Å². The molecule has 1 heterocycles. The molecule has 28 heavy (non-hydrogen) atoms. The van der Waals surface area contributed by atoms with Crippen molar-refractivity contribution in [3.63, 3.8) is 0 Å². The molecule has 1 saturated heterocycles. The van der Waals surface area contributed by atoms with Crippen LogP contribution in [0.4, 0.5) is 4.39 Å². The van der Waals surface area contributed by atoms with Gasteiger partial charge in [0.1, 0.15) is 5.82 Å². The summed E-state index contributed by atoms with van der Waals surface area (Å²) >= 11 is 6.03. The molecule has 1 aliphatic heterocycles. The van der Waals surface area contributed by atoms with Crippen LogP contribution >= 0.6 is 11.6 Å². The van der Waals surface area contributed by atoms with Crippen LogP contribution in [0.25, 0.3) is 0 Å². The van der Waals surface area contributed by atoms with Crippen LogP contribution in [0.15, 0.2) is 48.5 Å². The van der Waals surface area contributed by atoms with Crippen LogP contribution in [0, 0.1) is 5.82 Å². The lowest BCUT2D eigenvalue weighted by Crippen LogP contribution is -2.47. The highest BCUT2D eigenvalue weighted by atomic mass is 35.5. The topological polar surface area (TPSA) is 41.6 Å². The Morgan fingerprint density at radius 2 is 1.82 bits per heavy atom. The first-order valence-corrected chi connectivity index (χ1v) is 9.88. The van der Waals surface area contributed by atoms with E-state index in [9.17, 15) is 9.18 Å². The molecule has 4 nitrogen and oxygen atoms in total. The maximum Gasteiger partial charge on any atom is 0.230 e. The molecule has 2 aromatic carbocycles. The van der Waals surface area contributed by atoms with Crippen molar-refractivity contribution in [3.8, 4) is 0 Å². The van der Waals surface area contributed by atoms with Gasteiger partial charge in [-0.1, -0.05) is 41.9 Å². The number of nitrogens with zero attached hydrogens (tertiary/aromatic N) is 1. The second-order valence-corrected chi connectivity index (χ2v) is 7.97. The number of hydrogen-bond acceptors (Lipinski definition) is 3. The van der Waals surface area contributed by atoms with E-state index in [1.54, 1.807) is 32.0 Å². The molecule has 0 saturated carbocycles. The average molecular weight is 405 g/mol. The van der Waals surface area contributed by atoms with E-state index in [0.29, 0.717) is 30.3 Å². The molecule has 1 fully saturated rings. The van der Waals surface area contributed by atoms with Gasteiger partial charge in [-0.15, -0.1) is 0 Å². The second kappa shape index (κ2) is 9.03. The summed E-state index contributed by atoms with van der Waals surface area (Å²) in [4.78, 5) is 15.2. The summed E-state index contributed by atoms with van der Waals surface area (Å²) < 4.78 is 19.7. The van der Waals surface area contributed by atoms with Crippen molar-refractivity contribution in [2.45, 2.75) is 25.3 Å². The summed E-state index contributed by atoms with van der Waals surface area (Å²) in [6, 6.07) is 14.1. The Hall–Kier alpha value is -1.95. The molecule has 0 aromatic heterocycles. The normalized spacial score (nSPS) is 16.6. The first-order valence-electron chi connectivity index (χ1n) is 9.50. The van der Waals surface area contributed by atoms with Crippen LogP contribution in [0.2, 0.25) is 5.02 Å². The molecule has 1 aliphatic rings. The molecule has 1 unspecified atom stereocenters. The fraction of sp³-hybridized carbons (Fsp3) is 0.409. The van der Waals surface area contributed by atoms with Crippen molar-refractivity contribution >= 4 is 17.5 Å². The Morgan fingerprint density at radius 3 is 2.46 bits per heavy atom. The van der Waals surface area contributed by atoms with E-state index < -0.39 is 5.41 Å². The lowest BCUT2D eigenvalue weighted by molar-refractivity contribution is -0.126. The minimum Gasteiger partial charge on any atom is -0.379 e. The maximum absolute atomic E-state index is 14.2. The predicted octanol–water partition coefficient (Wildman–Crippen LogP) is 3.95. The lowest BCUT2D eigenvalue weighted by atomic mass is 9.83. The molecule has 6 heteroatoms. The van der Waals surface area contributed by atoms with Gasteiger partial charge in [0.2, 0.25) is 5.91 Å². The van der Waals surface area contributed by atoms with Crippen LogP contribution in [0.3, 0.4) is 0 Å². The Bertz CT molecular complexity index is 804. The van der Waals surface area contributed by atoms with Crippen LogP contribution in [0.5, 0.6) is 0 Å². The van der Waals surface area contributed by atoms with E-state index in [1.807, 2.05) is 24.3 Å². The van der Waals surface area contributed by atoms with Crippen molar-refractivity contribution in [1.82, 2.24) is 10.2 Å². The smallest absolute Gasteiger partial charge is 0.230 e. The third kappa shape index (κ3) is 4.72. The highest BCUT2D eigenvalue weighted by Crippen LogP contribution is 2.27. The van der Waals surface area contributed by atoms with Crippen LogP contribution < -0.4 is 5.32 Å². The number of ether oxygens (including phenoxy) is 1. The van der Waals surface area contributed by atoms with Gasteiger partial charge >= 0.3 is 0 Å². The fourth-order valence-corrected chi connectivity index (χ4v) is 3.66. The zero-order valence-electron chi connectivity index (χ0n) is 16.3. The number of rotatable bonds is 6. The first kappa shape index (κ1) is 20.8. The minimum atomic E-state index is -0.971. The van der Waals surface area contributed by atoms with E-state index in [1.165, 1.54) is 6.07 Å². The first-order chi connectivity index (χ1) is 13.4. The van der Waals surface area contributed by atoms with Gasteiger partial charge in [0, 0.05) is 30.2 Å². The van der Waals surface area contributed by atoms with Crippen LogP contribution in [-0.2, 0) is 14.9 Å². The summed E-state index contributed by atoms with van der Waals surface area (Å²) in [6.45, 7) is 6.83. The maximum atomic E-state index is 14.2. The number of carbonyl (C=O) groups is 1. The number of halogens is 2. The predicted molar refractivity (Wildman–Crippen MR) is 109 cm³/mol. The molecule has 0 bridgehead atoms.